The summed E-state index contributed by atoms with van der Waals surface area (Å²) in [4.78, 5) is 47.3. The van der Waals surface area contributed by atoms with Crippen LogP contribution in [0.2, 0.25) is 0 Å². The first-order chi connectivity index (χ1) is 32.6. The van der Waals surface area contributed by atoms with Crippen LogP contribution in [0, 0.1) is 0 Å². The maximum atomic E-state index is 14.0. The number of nitrogens with zero attached hydrogens (tertiary/aromatic N) is 7. The van der Waals surface area contributed by atoms with Crippen molar-refractivity contribution in [3.63, 3.8) is 0 Å². The fourth-order valence-electron chi connectivity index (χ4n) is 7.88. The number of H-pyrrole nitrogens is 1. The predicted octanol–water partition coefficient (Wildman–Crippen LogP) is 8.37. The zero-order valence-corrected chi connectivity index (χ0v) is 38.4. The Morgan fingerprint density at radius 2 is 1.58 bits per heavy atom. The lowest BCUT2D eigenvalue weighted by Crippen LogP contribution is -2.25. The third-order valence-corrected chi connectivity index (χ3v) is 13.5. The van der Waals surface area contributed by atoms with Gasteiger partial charge in [-0.2, -0.15) is 0 Å². The first kappa shape index (κ1) is 44.9. The van der Waals surface area contributed by atoms with Crippen LogP contribution in [-0.4, -0.2) is 73.3 Å². The van der Waals surface area contributed by atoms with Gasteiger partial charge in [-0.1, -0.05) is 79.3 Å². The molecule has 340 valence electrons. The van der Waals surface area contributed by atoms with Crippen molar-refractivity contribution in [3.05, 3.63) is 149 Å². The maximum absolute atomic E-state index is 14.0. The topological polar surface area (TPSA) is 204 Å². The Morgan fingerprint density at radius 3 is 2.28 bits per heavy atom. The van der Waals surface area contributed by atoms with Gasteiger partial charge in [0.25, 0.3) is 5.24 Å². The highest BCUT2D eigenvalue weighted by Crippen LogP contribution is 2.32. The van der Waals surface area contributed by atoms with Gasteiger partial charge in [-0.25, -0.2) is 19.9 Å². The van der Waals surface area contributed by atoms with Crippen LogP contribution in [0.3, 0.4) is 0 Å². The maximum Gasteiger partial charge on any atom is 0.357 e. The minimum atomic E-state index is -1.55. The highest BCUT2D eigenvalue weighted by Gasteiger charge is 2.32. The van der Waals surface area contributed by atoms with E-state index in [9.17, 15) is 18.9 Å². The number of hydrogen-bond acceptors (Lipinski definition) is 13. The number of carbonyl (C=O) groups is 3. The monoisotopic (exact) mass is 935 g/mol. The van der Waals surface area contributed by atoms with E-state index in [1.165, 1.54) is 0 Å². The lowest BCUT2D eigenvalue weighted by atomic mass is 9.98. The summed E-state index contributed by atoms with van der Waals surface area (Å²) >= 11 is -0.540. The lowest BCUT2D eigenvalue weighted by Gasteiger charge is -2.14. The second-order valence-corrected chi connectivity index (χ2v) is 18.3. The summed E-state index contributed by atoms with van der Waals surface area (Å²) in [6.45, 7) is 4.59. The van der Waals surface area contributed by atoms with Crippen molar-refractivity contribution in [3.8, 4) is 39.8 Å². The molecule has 9 rings (SSSR count). The van der Waals surface area contributed by atoms with Crippen LogP contribution in [0.1, 0.15) is 59.2 Å². The number of tetrazole rings is 1. The number of nitrogens with one attached hydrogen (secondary N) is 2. The summed E-state index contributed by atoms with van der Waals surface area (Å²) < 4.78 is 35.7. The number of aromatic amines is 1. The van der Waals surface area contributed by atoms with E-state index in [4.69, 9.17) is 24.2 Å². The van der Waals surface area contributed by atoms with E-state index in [2.05, 4.69) is 32.9 Å². The number of thioether (sulfide) groups is 1. The Morgan fingerprint density at radius 1 is 0.851 bits per heavy atom. The molecule has 4 heterocycles. The SMILES string of the molecule is CCCc1nc(C[S+]([O-])c2ccc(Oc3ccc4nc(COc5ccc(CC6SC(=O)NC6=O)cc5)n(C)c4c3)cc2)c(C(=O)OCC)n1Cc1ccc(-c2ccccc2-c2nnn[nH]2)cc1. The van der Waals surface area contributed by atoms with E-state index in [0.29, 0.717) is 64.6 Å². The molecule has 8 aromatic rings. The molecule has 1 fully saturated rings. The number of amides is 2. The van der Waals surface area contributed by atoms with Crippen LogP contribution in [-0.2, 0) is 59.5 Å². The Kier molecular flexibility index (Phi) is 13.5. The number of esters is 1. The van der Waals surface area contributed by atoms with E-state index in [0.717, 1.165) is 62.9 Å². The van der Waals surface area contributed by atoms with E-state index in [1.54, 1.807) is 31.2 Å². The number of benzene rings is 5. The number of fused-ring (bicyclic) bond motifs is 1. The molecule has 0 radical (unpaired) electrons. The standard InChI is InChI=1S/C49H45N9O7S2/c1-4-8-43-51-40(45(48(60)63-5-2)58(43)27-31-11-15-32(16-12-31)37-9-6-7-10-38(37)46-53-55-56-54-46)29-67(62)36-22-19-34(20-23-36)65-35-21-24-39-41(26-35)57(3)44(50-39)28-64-33-17-13-30(14-18-33)25-42-47(59)52-49(61)66-42/h6-7,9-24,26,42H,4-5,8,25,27-29H2,1-3H3,(H,52,59,61)(H,53,54,55,56). The largest absolute Gasteiger partial charge is 0.611 e. The highest BCUT2D eigenvalue weighted by atomic mass is 32.2. The van der Waals surface area contributed by atoms with Crippen LogP contribution >= 0.6 is 11.8 Å². The number of imide groups is 1. The van der Waals surface area contributed by atoms with Crippen molar-refractivity contribution in [1.29, 1.82) is 0 Å². The summed E-state index contributed by atoms with van der Waals surface area (Å²) in [7, 11) is 1.91. The molecule has 16 nitrogen and oxygen atoms in total. The number of imidazole rings is 2. The molecule has 1 aliphatic rings. The molecule has 2 atom stereocenters. The molecule has 0 spiro atoms. The van der Waals surface area contributed by atoms with Gasteiger partial charge >= 0.3 is 5.97 Å². The third-order valence-electron chi connectivity index (χ3n) is 11.2. The molecular weight excluding hydrogens is 891 g/mol. The molecule has 1 aliphatic heterocycles. The van der Waals surface area contributed by atoms with Crippen LogP contribution in [0.25, 0.3) is 33.5 Å². The van der Waals surface area contributed by atoms with E-state index < -0.39 is 22.4 Å². The Bertz CT molecular complexity index is 3050. The normalized spacial score (nSPS) is 14.1. The number of ether oxygens (including phenoxy) is 3. The van der Waals surface area contributed by atoms with Gasteiger partial charge in [0.1, 0.15) is 41.2 Å². The van der Waals surface area contributed by atoms with Crippen LogP contribution < -0.4 is 14.8 Å². The summed E-state index contributed by atoms with van der Waals surface area (Å²) in [6, 6.07) is 36.1. The Balaban J connectivity index is 0.859. The van der Waals surface area contributed by atoms with Crippen molar-refractivity contribution in [2.24, 2.45) is 7.05 Å². The smallest absolute Gasteiger partial charge is 0.357 e. The molecule has 0 bridgehead atoms. The fraction of sp³-hybridized carbons (Fsp3) is 0.224. The fourth-order valence-corrected chi connectivity index (χ4v) is 9.80. The summed E-state index contributed by atoms with van der Waals surface area (Å²) in [5, 5.41) is 16.0. The van der Waals surface area contributed by atoms with Crippen molar-refractivity contribution in [2.75, 3.05) is 6.61 Å². The average molecular weight is 936 g/mol. The number of carbonyl (C=O) groups excluding carboxylic acids is 3. The average Bonchev–Trinajstić information content (AvgIpc) is 4.13. The molecule has 0 saturated carbocycles. The molecule has 3 aromatic heterocycles. The van der Waals surface area contributed by atoms with Gasteiger partial charge in [-0.05, 0) is 112 Å². The molecule has 0 aliphatic carbocycles. The zero-order valence-electron chi connectivity index (χ0n) is 36.8. The second-order valence-electron chi connectivity index (χ2n) is 15.7. The van der Waals surface area contributed by atoms with E-state index in [1.807, 2.05) is 107 Å². The van der Waals surface area contributed by atoms with Crippen LogP contribution in [0.5, 0.6) is 17.2 Å². The van der Waals surface area contributed by atoms with Crippen molar-refractivity contribution in [2.45, 2.75) is 62.2 Å². The molecule has 18 heteroatoms. The molecular formula is C49H45N9O7S2. The number of aryl methyl sites for hydroxylation is 2. The van der Waals surface area contributed by atoms with Gasteiger partial charge < -0.3 is 27.9 Å². The predicted molar refractivity (Wildman–Crippen MR) is 253 cm³/mol. The van der Waals surface area contributed by atoms with Gasteiger partial charge in [-0.15, -0.1) is 5.10 Å². The van der Waals surface area contributed by atoms with Gasteiger partial charge in [0.2, 0.25) is 5.91 Å². The zero-order chi connectivity index (χ0) is 46.4. The first-order valence-electron chi connectivity index (χ1n) is 21.7. The van der Waals surface area contributed by atoms with Crippen LogP contribution in [0.4, 0.5) is 4.79 Å². The van der Waals surface area contributed by atoms with Gasteiger partial charge in [-0.3, -0.25) is 14.9 Å². The molecule has 5 aromatic carbocycles. The van der Waals surface area contributed by atoms with Crippen LogP contribution in [0.15, 0.2) is 120 Å². The molecule has 67 heavy (non-hydrogen) atoms. The molecule has 2 unspecified atom stereocenters. The van der Waals surface area contributed by atoms with E-state index >= 15 is 0 Å². The van der Waals surface area contributed by atoms with E-state index in [-0.39, 0.29) is 30.1 Å². The number of rotatable bonds is 18. The number of hydrogen-bond donors (Lipinski definition) is 2. The minimum absolute atomic E-state index is 0.0156. The molecule has 2 amide bonds. The summed E-state index contributed by atoms with van der Waals surface area (Å²) in [5.41, 5.74) is 7.06. The minimum Gasteiger partial charge on any atom is -0.611 e. The third kappa shape index (κ3) is 10.1. The second kappa shape index (κ2) is 20.1. The molecule has 2 N–H and O–H groups in total. The Hall–Kier alpha value is -7.28. The summed E-state index contributed by atoms with van der Waals surface area (Å²) in [5.74, 6) is 3.05. The van der Waals surface area contributed by atoms with Crippen molar-refractivity contribution < 1.29 is 33.1 Å². The highest BCUT2D eigenvalue weighted by molar-refractivity contribution is 8.15. The first-order valence-corrected chi connectivity index (χ1v) is 23.9. The Labute approximate surface area is 392 Å². The number of aromatic nitrogens is 8. The summed E-state index contributed by atoms with van der Waals surface area (Å²) in [6.07, 6.45) is 1.87. The van der Waals surface area contributed by atoms with Crippen molar-refractivity contribution >= 4 is 51.1 Å². The molecule has 1 saturated heterocycles. The van der Waals surface area contributed by atoms with Gasteiger partial charge in [0.15, 0.2) is 22.2 Å². The van der Waals surface area contributed by atoms with Gasteiger partial charge in [0, 0.05) is 31.6 Å². The van der Waals surface area contributed by atoms with Gasteiger partial charge in [0.05, 0.1) is 22.9 Å². The quantitative estimate of drug-likeness (QED) is 0.0614. The lowest BCUT2D eigenvalue weighted by molar-refractivity contribution is -0.118. The van der Waals surface area contributed by atoms with Crippen molar-refractivity contribution in [1.82, 2.24) is 45.0 Å².